The van der Waals surface area contributed by atoms with E-state index in [0.717, 1.165) is 29.5 Å². The average molecular weight is 463 g/mol. The molecular formula is C25H26N4O5. The van der Waals surface area contributed by atoms with Crippen molar-refractivity contribution in [3.8, 4) is 11.1 Å². The monoisotopic (exact) mass is 462 g/mol. The number of nitrogens with one attached hydrogen (secondary N) is 1. The van der Waals surface area contributed by atoms with E-state index in [9.17, 15) is 19.2 Å². The molecule has 2 aromatic carbocycles. The van der Waals surface area contributed by atoms with Crippen LogP contribution in [-0.4, -0.2) is 50.1 Å². The van der Waals surface area contributed by atoms with E-state index >= 15 is 0 Å². The Morgan fingerprint density at radius 3 is 2.26 bits per heavy atom. The van der Waals surface area contributed by atoms with Crippen LogP contribution < -0.4 is 11.0 Å². The van der Waals surface area contributed by atoms with Gasteiger partial charge < -0.3 is 10.0 Å². The second-order valence-corrected chi connectivity index (χ2v) is 9.05. The zero-order valence-electron chi connectivity index (χ0n) is 18.9. The molecule has 0 saturated carbocycles. The van der Waals surface area contributed by atoms with Crippen molar-refractivity contribution in [3.05, 3.63) is 58.5 Å². The van der Waals surface area contributed by atoms with Crippen LogP contribution in [0.2, 0.25) is 0 Å². The van der Waals surface area contributed by atoms with Crippen LogP contribution in [-0.2, 0) is 16.6 Å². The molecule has 1 atom stereocenters. The Bertz CT molecular complexity index is 1350. The maximum atomic E-state index is 13.0. The molecule has 2 saturated heterocycles. The van der Waals surface area contributed by atoms with Gasteiger partial charge in [-0.25, -0.2) is 9.59 Å². The van der Waals surface area contributed by atoms with Crippen LogP contribution in [0, 0.1) is 0 Å². The molecule has 2 N–H and O–H groups in total. The first-order chi connectivity index (χ1) is 16.3. The number of carbonyl (C=O) groups is 3. The van der Waals surface area contributed by atoms with Gasteiger partial charge in [0, 0.05) is 26.6 Å². The molecule has 1 unspecified atom stereocenters. The quantitative estimate of drug-likeness (QED) is 0.581. The molecule has 1 aromatic heterocycles. The van der Waals surface area contributed by atoms with E-state index < -0.39 is 18.0 Å². The van der Waals surface area contributed by atoms with Crippen molar-refractivity contribution in [2.75, 3.05) is 13.1 Å². The van der Waals surface area contributed by atoms with Gasteiger partial charge in [-0.15, -0.1) is 0 Å². The molecule has 0 radical (unpaired) electrons. The minimum Gasteiger partial charge on any atom is -0.465 e. The smallest absolute Gasteiger partial charge is 0.407 e. The lowest BCUT2D eigenvalue weighted by Crippen LogP contribution is -2.44. The standard InChI is InChI=1S/C25H26N4O5/c1-27-21-14-18(6-7-19(21)29(24(27)32)20-8-9-22(30)26-23(20)31)16-4-2-15(3-5-16)17-10-12-28(13-11-17)25(33)34/h2-7,14,17,20H,8-13H2,1H3,(H,33,34)(H,26,30,31). The summed E-state index contributed by atoms with van der Waals surface area (Å²) in [6.07, 6.45) is 1.28. The third-order valence-electron chi connectivity index (χ3n) is 7.09. The van der Waals surface area contributed by atoms with Crippen LogP contribution in [0.3, 0.4) is 0 Å². The van der Waals surface area contributed by atoms with Gasteiger partial charge in [0.2, 0.25) is 11.8 Å². The van der Waals surface area contributed by atoms with Crippen LogP contribution in [0.1, 0.15) is 43.2 Å². The summed E-state index contributed by atoms with van der Waals surface area (Å²) >= 11 is 0. The van der Waals surface area contributed by atoms with Gasteiger partial charge in [-0.2, -0.15) is 0 Å². The van der Waals surface area contributed by atoms with Gasteiger partial charge in [0.05, 0.1) is 11.0 Å². The maximum Gasteiger partial charge on any atom is 0.407 e. The Kier molecular flexibility index (Phi) is 5.47. The van der Waals surface area contributed by atoms with Gasteiger partial charge in [-0.05, 0) is 54.0 Å². The number of hydrogen-bond donors (Lipinski definition) is 2. The summed E-state index contributed by atoms with van der Waals surface area (Å²) in [7, 11) is 1.68. The van der Waals surface area contributed by atoms with Crippen LogP contribution in [0.25, 0.3) is 22.2 Å². The van der Waals surface area contributed by atoms with E-state index in [1.165, 1.54) is 19.6 Å². The summed E-state index contributed by atoms with van der Waals surface area (Å²) in [5.74, 6) is -0.414. The number of nitrogens with zero attached hydrogens (tertiary/aromatic N) is 3. The summed E-state index contributed by atoms with van der Waals surface area (Å²) in [4.78, 5) is 49.5. The number of carbonyl (C=O) groups excluding carboxylic acids is 2. The number of piperidine rings is 2. The highest BCUT2D eigenvalue weighted by Gasteiger charge is 2.31. The number of rotatable bonds is 3. The van der Waals surface area contributed by atoms with Crippen molar-refractivity contribution in [2.45, 2.75) is 37.6 Å². The number of aromatic nitrogens is 2. The SMILES string of the molecule is Cn1c(=O)n(C2CCC(=O)NC2=O)c2ccc(-c3ccc(C4CCN(C(=O)O)CC4)cc3)cc21. The Balaban J connectivity index is 1.41. The summed E-state index contributed by atoms with van der Waals surface area (Å²) in [5, 5.41) is 11.5. The molecule has 2 fully saturated rings. The predicted molar refractivity (Wildman–Crippen MR) is 126 cm³/mol. The van der Waals surface area contributed by atoms with Crippen molar-refractivity contribution in [1.82, 2.24) is 19.4 Å². The van der Waals surface area contributed by atoms with E-state index in [-0.39, 0.29) is 18.0 Å². The summed E-state index contributed by atoms with van der Waals surface area (Å²) in [5.41, 5.74) is 4.26. The van der Waals surface area contributed by atoms with E-state index in [2.05, 4.69) is 29.6 Å². The Morgan fingerprint density at radius 2 is 1.62 bits per heavy atom. The molecular weight excluding hydrogens is 436 g/mol. The fourth-order valence-electron chi connectivity index (χ4n) is 5.12. The molecule has 3 heterocycles. The third kappa shape index (κ3) is 3.76. The maximum absolute atomic E-state index is 13.0. The lowest BCUT2D eigenvalue weighted by molar-refractivity contribution is -0.135. The lowest BCUT2D eigenvalue weighted by atomic mass is 9.88. The van der Waals surface area contributed by atoms with Crippen molar-refractivity contribution in [3.63, 3.8) is 0 Å². The van der Waals surface area contributed by atoms with Gasteiger partial charge >= 0.3 is 11.8 Å². The van der Waals surface area contributed by atoms with Gasteiger partial charge in [0.1, 0.15) is 6.04 Å². The highest BCUT2D eigenvalue weighted by Crippen LogP contribution is 2.31. The second-order valence-electron chi connectivity index (χ2n) is 9.05. The first kappa shape index (κ1) is 21.9. The topological polar surface area (TPSA) is 114 Å². The summed E-state index contributed by atoms with van der Waals surface area (Å²) in [6.45, 7) is 1.10. The predicted octanol–water partition coefficient (Wildman–Crippen LogP) is 2.84. The fraction of sp³-hybridized carbons (Fsp3) is 0.360. The molecule has 176 valence electrons. The molecule has 9 nitrogen and oxygen atoms in total. The van der Waals surface area contributed by atoms with E-state index in [1.54, 1.807) is 7.05 Å². The first-order valence-electron chi connectivity index (χ1n) is 11.5. The number of amides is 3. The molecule has 2 aliphatic heterocycles. The fourth-order valence-corrected chi connectivity index (χ4v) is 5.12. The zero-order valence-corrected chi connectivity index (χ0v) is 18.9. The van der Waals surface area contributed by atoms with Crippen molar-refractivity contribution in [1.29, 1.82) is 0 Å². The third-order valence-corrected chi connectivity index (χ3v) is 7.09. The number of hydrogen-bond acceptors (Lipinski definition) is 4. The van der Waals surface area contributed by atoms with Gasteiger partial charge in [0.15, 0.2) is 0 Å². The molecule has 0 spiro atoms. The summed E-state index contributed by atoms with van der Waals surface area (Å²) < 4.78 is 3.01. The number of imidazole rings is 1. The Morgan fingerprint density at radius 1 is 0.941 bits per heavy atom. The van der Waals surface area contributed by atoms with Crippen LogP contribution in [0.15, 0.2) is 47.3 Å². The van der Waals surface area contributed by atoms with Crippen molar-refractivity contribution in [2.24, 2.45) is 7.05 Å². The highest BCUT2D eigenvalue weighted by molar-refractivity contribution is 6.00. The number of imide groups is 1. The van der Waals surface area contributed by atoms with E-state index in [1.807, 2.05) is 18.2 Å². The van der Waals surface area contributed by atoms with Crippen molar-refractivity contribution >= 4 is 28.9 Å². The molecule has 5 rings (SSSR count). The molecule has 34 heavy (non-hydrogen) atoms. The average Bonchev–Trinajstić information content (AvgIpc) is 3.09. The number of likely N-dealkylation sites (tertiary alicyclic amines) is 1. The van der Waals surface area contributed by atoms with Crippen LogP contribution >= 0.6 is 0 Å². The Hall–Kier alpha value is -3.88. The normalized spacial score (nSPS) is 19.4. The van der Waals surface area contributed by atoms with E-state index in [0.29, 0.717) is 30.9 Å². The minimum atomic E-state index is -0.856. The Labute approximate surface area is 195 Å². The van der Waals surface area contributed by atoms with Gasteiger partial charge in [-0.1, -0.05) is 30.3 Å². The van der Waals surface area contributed by atoms with Gasteiger partial charge in [-0.3, -0.25) is 24.0 Å². The first-order valence-corrected chi connectivity index (χ1v) is 11.5. The second kappa shape index (κ2) is 8.48. The largest absolute Gasteiger partial charge is 0.465 e. The van der Waals surface area contributed by atoms with Crippen molar-refractivity contribution < 1.29 is 19.5 Å². The molecule has 3 amide bonds. The minimum absolute atomic E-state index is 0.207. The number of fused-ring (bicyclic) bond motifs is 1. The van der Waals surface area contributed by atoms with Crippen LogP contribution in [0.5, 0.6) is 0 Å². The molecule has 9 heteroatoms. The van der Waals surface area contributed by atoms with E-state index in [4.69, 9.17) is 5.11 Å². The molecule has 3 aromatic rings. The van der Waals surface area contributed by atoms with Crippen LogP contribution in [0.4, 0.5) is 4.79 Å². The molecule has 2 aliphatic rings. The number of carboxylic acid groups (broad SMARTS) is 1. The highest BCUT2D eigenvalue weighted by atomic mass is 16.4. The number of aryl methyl sites for hydroxylation is 1. The number of benzene rings is 2. The van der Waals surface area contributed by atoms with Gasteiger partial charge in [0.25, 0.3) is 0 Å². The molecule has 0 aliphatic carbocycles. The molecule has 0 bridgehead atoms. The lowest BCUT2D eigenvalue weighted by Gasteiger charge is -2.30. The zero-order chi connectivity index (χ0) is 24.0. The summed E-state index contributed by atoms with van der Waals surface area (Å²) in [6, 6.07) is 13.3.